The van der Waals surface area contributed by atoms with E-state index in [0.29, 0.717) is 12.2 Å². The Morgan fingerprint density at radius 1 is 1.47 bits per heavy atom. The Balaban J connectivity index is 2.29. The van der Waals surface area contributed by atoms with E-state index in [2.05, 4.69) is 10.1 Å². The molecule has 0 saturated heterocycles. The second-order valence-corrected chi connectivity index (χ2v) is 3.07. The molecule has 4 nitrogen and oxygen atoms in total. The van der Waals surface area contributed by atoms with Gasteiger partial charge in [0.25, 0.3) is 0 Å². The number of nitrogens with zero attached hydrogens (tertiary/aromatic N) is 3. The van der Waals surface area contributed by atoms with E-state index in [1.54, 1.807) is 17.1 Å². The molecular formula is C10H10FN3O. The van der Waals surface area contributed by atoms with Gasteiger partial charge in [-0.25, -0.2) is 4.39 Å². The van der Waals surface area contributed by atoms with Crippen LogP contribution in [0.1, 0.15) is 0 Å². The monoisotopic (exact) mass is 207 g/mol. The molecule has 0 unspecified atom stereocenters. The standard InChI is InChI=1S/C10H10FN3O/c11-9-1-2-12-10(5-9)8-6-13-14(7-8)3-4-15/h1-2,5-7,15H,3-4H2. The van der Waals surface area contributed by atoms with E-state index in [9.17, 15) is 4.39 Å². The van der Waals surface area contributed by atoms with Crippen LogP contribution < -0.4 is 0 Å². The van der Waals surface area contributed by atoms with Gasteiger partial charge in [0.05, 0.1) is 25.0 Å². The summed E-state index contributed by atoms with van der Waals surface area (Å²) >= 11 is 0. The Hall–Kier alpha value is -1.75. The minimum atomic E-state index is -0.324. The van der Waals surface area contributed by atoms with Crippen LogP contribution in [0, 0.1) is 5.82 Å². The van der Waals surface area contributed by atoms with Gasteiger partial charge in [-0.05, 0) is 6.07 Å². The van der Waals surface area contributed by atoms with Gasteiger partial charge in [-0.3, -0.25) is 9.67 Å². The normalized spacial score (nSPS) is 10.5. The maximum Gasteiger partial charge on any atom is 0.126 e. The van der Waals surface area contributed by atoms with Crippen molar-refractivity contribution in [1.29, 1.82) is 0 Å². The van der Waals surface area contributed by atoms with Crippen LogP contribution in [-0.4, -0.2) is 26.5 Å². The molecule has 2 rings (SSSR count). The van der Waals surface area contributed by atoms with Crippen molar-refractivity contribution in [1.82, 2.24) is 14.8 Å². The van der Waals surface area contributed by atoms with Gasteiger partial charge >= 0.3 is 0 Å². The molecule has 15 heavy (non-hydrogen) atoms. The van der Waals surface area contributed by atoms with Crippen molar-refractivity contribution in [2.45, 2.75) is 6.54 Å². The molecule has 2 heterocycles. The molecule has 0 radical (unpaired) electrons. The maximum atomic E-state index is 12.9. The fourth-order valence-corrected chi connectivity index (χ4v) is 1.28. The van der Waals surface area contributed by atoms with Crippen LogP contribution in [0.2, 0.25) is 0 Å². The first-order chi connectivity index (χ1) is 7.29. The van der Waals surface area contributed by atoms with Crippen LogP contribution in [-0.2, 0) is 6.54 Å². The third kappa shape index (κ3) is 2.19. The first kappa shape index (κ1) is 9.79. The van der Waals surface area contributed by atoms with E-state index in [-0.39, 0.29) is 12.4 Å². The molecule has 0 aliphatic heterocycles. The van der Waals surface area contributed by atoms with Crippen molar-refractivity contribution in [2.75, 3.05) is 6.61 Å². The molecule has 0 fully saturated rings. The molecule has 0 aliphatic carbocycles. The molecule has 0 saturated carbocycles. The Labute approximate surface area is 86.0 Å². The number of hydrogen-bond acceptors (Lipinski definition) is 3. The van der Waals surface area contributed by atoms with Crippen LogP contribution in [0.5, 0.6) is 0 Å². The van der Waals surface area contributed by atoms with Gasteiger partial charge in [-0.1, -0.05) is 0 Å². The lowest BCUT2D eigenvalue weighted by atomic mass is 10.2. The average molecular weight is 207 g/mol. The van der Waals surface area contributed by atoms with Gasteiger partial charge in [0, 0.05) is 24.0 Å². The smallest absolute Gasteiger partial charge is 0.126 e. The molecular weight excluding hydrogens is 197 g/mol. The number of aliphatic hydroxyl groups is 1. The van der Waals surface area contributed by atoms with E-state index in [4.69, 9.17) is 5.11 Å². The first-order valence-electron chi connectivity index (χ1n) is 4.55. The summed E-state index contributed by atoms with van der Waals surface area (Å²) in [5.41, 5.74) is 1.28. The van der Waals surface area contributed by atoms with E-state index < -0.39 is 0 Å². The molecule has 5 heteroatoms. The molecule has 0 atom stereocenters. The Morgan fingerprint density at radius 3 is 3.07 bits per heavy atom. The average Bonchev–Trinajstić information content (AvgIpc) is 2.67. The predicted octanol–water partition coefficient (Wildman–Crippen LogP) is 1.08. The van der Waals surface area contributed by atoms with E-state index in [0.717, 1.165) is 5.56 Å². The predicted molar refractivity (Wildman–Crippen MR) is 52.5 cm³/mol. The van der Waals surface area contributed by atoms with E-state index in [1.165, 1.54) is 18.3 Å². The summed E-state index contributed by atoms with van der Waals surface area (Å²) in [4.78, 5) is 4.03. The van der Waals surface area contributed by atoms with Crippen molar-refractivity contribution >= 4 is 0 Å². The second-order valence-electron chi connectivity index (χ2n) is 3.07. The molecule has 0 amide bonds. The summed E-state index contributed by atoms with van der Waals surface area (Å²) in [6.07, 6.45) is 4.73. The van der Waals surface area contributed by atoms with Crippen LogP contribution in [0.4, 0.5) is 4.39 Å². The summed E-state index contributed by atoms with van der Waals surface area (Å²) in [7, 11) is 0. The van der Waals surface area contributed by atoms with Gasteiger partial charge in [0.1, 0.15) is 5.82 Å². The first-order valence-corrected chi connectivity index (χ1v) is 4.55. The Bertz CT molecular complexity index is 455. The van der Waals surface area contributed by atoms with Crippen molar-refractivity contribution in [3.8, 4) is 11.3 Å². The van der Waals surface area contributed by atoms with Crippen LogP contribution in [0.25, 0.3) is 11.3 Å². The Kier molecular flexibility index (Phi) is 2.73. The van der Waals surface area contributed by atoms with E-state index >= 15 is 0 Å². The molecule has 1 N–H and O–H groups in total. The number of hydrogen-bond donors (Lipinski definition) is 1. The maximum absolute atomic E-state index is 12.9. The summed E-state index contributed by atoms with van der Waals surface area (Å²) in [5, 5.41) is 12.7. The second kappa shape index (κ2) is 4.18. The molecule has 78 valence electrons. The fourth-order valence-electron chi connectivity index (χ4n) is 1.28. The lowest BCUT2D eigenvalue weighted by Gasteiger charge is -1.96. The highest BCUT2D eigenvalue weighted by atomic mass is 19.1. The summed E-state index contributed by atoms with van der Waals surface area (Å²) in [6.45, 7) is 0.451. The largest absolute Gasteiger partial charge is 0.394 e. The fraction of sp³-hybridized carbons (Fsp3) is 0.200. The van der Waals surface area contributed by atoms with Gasteiger partial charge < -0.3 is 5.11 Å². The zero-order valence-electron chi connectivity index (χ0n) is 7.97. The third-order valence-corrected chi connectivity index (χ3v) is 1.98. The van der Waals surface area contributed by atoms with Crippen LogP contribution >= 0.6 is 0 Å². The Morgan fingerprint density at radius 2 is 2.33 bits per heavy atom. The van der Waals surface area contributed by atoms with Crippen LogP contribution in [0.3, 0.4) is 0 Å². The lowest BCUT2D eigenvalue weighted by Crippen LogP contribution is -2.01. The zero-order valence-corrected chi connectivity index (χ0v) is 7.97. The van der Waals surface area contributed by atoms with Gasteiger partial charge in [-0.2, -0.15) is 5.10 Å². The molecule has 0 aromatic carbocycles. The molecule has 2 aromatic rings. The van der Waals surface area contributed by atoms with Crippen molar-refractivity contribution in [2.24, 2.45) is 0 Å². The number of aliphatic hydroxyl groups excluding tert-OH is 1. The minimum Gasteiger partial charge on any atom is -0.394 e. The summed E-state index contributed by atoms with van der Waals surface area (Å²) < 4.78 is 14.5. The molecule has 0 bridgehead atoms. The topological polar surface area (TPSA) is 50.9 Å². The van der Waals surface area contributed by atoms with Gasteiger partial charge in [-0.15, -0.1) is 0 Å². The van der Waals surface area contributed by atoms with Gasteiger partial charge in [0.2, 0.25) is 0 Å². The highest BCUT2D eigenvalue weighted by molar-refractivity contribution is 5.56. The summed E-state index contributed by atoms with van der Waals surface area (Å²) in [6, 6.07) is 2.64. The van der Waals surface area contributed by atoms with Crippen molar-refractivity contribution < 1.29 is 9.50 Å². The third-order valence-electron chi connectivity index (χ3n) is 1.98. The highest BCUT2D eigenvalue weighted by Gasteiger charge is 2.03. The van der Waals surface area contributed by atoms with E-state index in [1.807, 2.05) is 0 Å². The number of aromatic nitrogens is 3. The zero-order chi connectivity index (χ0) is 10.7. The quantitative estimate of drug-likeness (QED) is 0.819. The molecule has 0 aliphatic rings. The number of rotatable bonds is 3. The summed E-state index contributed by atoms with van der Waals surface area (Å²) in [5.74, 6) is -0.324. The van der Waals surface area contributed by atoms with Crippen molar-refractivity contribution in [3.05, 3.63) is 36.5 Å². The molecule has 2 aromatic heterocycles. The highest BCUT2D eigenvalue weighted by Crippen LogP contribution is 2.15. The van der Waals surface area contributed by atoms with Crippen molar-refractivity contribution in [3.63, 3.8) is 0 Å². The van der Waals surface area contributed by atoms with Gasteiger partial charge in [0.15, 0.2) is 0 Å². The SMILES string of the molecule is OCCn1cc(-c2cc(F)ccn2)cn1. The molecule has 0 spiro atoms. The van der Waals surface area contributed by atoms with Crippen LogP contribution in [0.15, 0.2) is 30.7 Å². The number of halogens is 1. The number of pyridine rings is 1. The lowest BCUT2D eigenvalue weighted by molar-refractivity contribution is 0.269. The minimum absolute atomic E-state index is 0.0255.